The minimum Gasteiger partial charge on any atom is -0.312 e. The highest BCUT2D eigenvalue weighted by molar-refractivity contribution is 4.66. The van der Waals surface area contributed by atoms with Gasteiger partial charge in [-0.1, -0.05) is 45.4 Å². The van der Waals surface area contributed by atoms with Crippen LogP contribution in [0.3, 0.4) is 0 Å². The largest absolute Gasteiger partial charge is 0.312 e. The molecule has 0 bridgehead atoms. The van der Waals surface area contributed by atoms with Crippen LogP contribution in [0.1, 0.15) is 51.9 Å². The number of alkyl halides is 2. The van der Waals surface area contributed by atoms with Crippen LogP contribution in [0.15, 0.2) is 0 Å². The molecular formula is C11H23F2N. The molecule has 0 fully saturated rings. The standard InChI is InChI=1S/C11H23F2N/c1-3-4-5-6-7-8-9-10(14-2)11(12)13/h10-11,14H,3-9H2,1-2H3. The van der Waals surface area contributed by atoms with Gasteiger partial charge in [0.1, 0.15) is 0 Å². The van der Waals surface area contributed by atoms with Gasteiger partial charge in [-0.3, -0.25) is 0 Å². The van der Waals surface area contributed by atoms with E-state index in [1.165, 1.54) is 25.7 Å². The minimum absolute atomic E-state index is 0.598. The Hall–Kier alpha value is -0.180. The van der Waals surface area contributed by atoms with Crippen molar-refractivity contribution in [3.8, 4) is 0 Å². The maximum absolute atomic E-state index is 12.3. The van der Waals surface area contributed by atoms with Crippen molar-refractivity contribution < 1.29 is 8.78 Å². The average molecular weight is 207 g/mol. The van der Waals surface area contributed by atoms with Crippen LogP contribution < -0.4 is 5.32 Å². The summed E-state index contributed by atoms with van der Waals surface area (Å²) in [6.45, 7) is 2.17. The van der Waals surface area contributed by atoms with Crippen LogP contribution in [-0.2, 0) is 0 Å². The smallest absolute Gasteiger partial charge is 0.253 e. The number of halogens is 2. The normalized spacial score (nSPS) is 13.5. The zero-order chi connectivity index (χ0) is 10.8. The van der Waals surface area contributed by atoms with E-state index in [0.29, 0.717) is 6.42 Å². The number of hydrogen-bond acceptors (Lipinski definition) is 1. The second-order valence-electron chi connectivity index (χ2n) is 3.79. The second-order valence-corrected chi connectivity index (χ2v) is 3.79. The summed E-state index contributed by atoms with van der Waals surface area (Å²) in [5.74, 6) is 0. The molecule has 0 aliphatic carbocycles. The molecule has 0 aromatic rings. The Balaban J connectivity index is 3.25. The van der Waals surface area contributed by atoms with Crippen LogP contribution in [0.25, 0.3) is 0 Å². The first-order valence-corrected chi connectivity index (χ1v) is 5.67. The summed E-state index contributed by atoms with van der Waals surface area (Å²) in [6.07, 6.45) is 5.31. The molecule has 1 N–H and O–H groups in total. The van der Waals surface area contributed by atoms with Gasteiger partial charge in [-0.05, 0) is 13.5 Å². The van der Waals surface area contributed by atoms with E-state index >= 15 is 0 Å². The van der Waals surface area contributed by atoms with Gasteiger partial charge in [0.2, 0.25) is 0 Å². The predicted octanol–water partition coefficient (Wildman–Crippen LogP) is 3.59. The van der Waals surface area contributed by atoms with Gasteiger partial charge >= 0.3 is 0 Å². The monoisotopic (exact) mass is 207 g/mol. The summed E-state index contributed by atoms with van der Waals surface area (Å²) in [6, 6.07) is -0.610. The molecule has 0 saturated heterocycles. The summed E-state index contributed by atoms with van der Waals surface area (Å²) >= 11 is 0. The van der Waals surface area contributed by atoms with E-state index in [0.717, 1.165) is 12.8 Å². The zero-order valence-corrected chi connectivity index (χ0v) is 9.36. The van der Waals surface area contributed by atoms with Crippen molar-refractivity contribution in [3.05, 3.63) is 0 Å². The number of unbranched alkanes of at least 4 members (excludes halogenated alkanes) is 5. The van der Waals surface area contributed by atoms with Crippen molar-refractivity contribution in [2.24, 2.45) is 0 Å². The highest BCUT2D eigenvalue weighted by Crippen LogP contribution is 2.12. The summed E-state index contributed by atoms with van der Waals surface area (Å²) in [7, 11) is 1.61. The van der Waals surface area contributed by atoms with E-state index in [1.807, 2.05) is 0 Å². The van der Waals surface area contributed by atoms with Crippen molar-refractivity contribution >= 4 is 0 Å². The first kappa shape index (κ1) is 13.8. The fourth-order valence-electron chi connectivity index (χ4n) is 1.54. The molecule has 1 unspecified atom stereocenters. The topological polar surface area (TPSA) is 12.0 Å². The Kier molecular flexibility index (Phi) is 9.26. The maximum Gasteiger partial charge on any atom is 0.253 e. The van der Waals surface area contributed by atoms with Gasteiger partial charge in [-0.2, -0.15) is 0 Å². The molecule has 0 saturated carbocycles. The lowest BCUT2D eigenvalue weighted by Crippen LogP contribution is -2.32. The van der Waals surface area contributed by atoms with Gasteiger partial charge in [0.25, 0.3) is 6.43 Å². The molecule has 0 aliphatic rings. The fourth-order valence-corrected chi connectivity index (χ4v) is 1.54. The second kappa shape index (κ2) is 9.38. The van der Waals surface area contributed by atoms with Crippen molar-refractivity contribution in [1.82, 2.24) is 5.32 Å². The molecule has 14 heavy (non-hydrogen) atoms. The third-order valence-corrected chi connectivity index (χ3v) is 2.54. The van der Waals surface area contributed by atoms with Crippen LogP contribution in [0.4, 0.5) is 8.78 Å². The lowest BCUT2D eigenvalue weighted by Gasteiger charge is -2.14. The third-order valence-electron chi connectivity index (χ3n) is 2.54. The van der Waals surface area contributed by atoms with Gasteiger partial charge in [-0.25, -0.2) is 8.78 Å². The van der Waals surface area contributed by atoms with E-state index in [4.69, 9.17) is 0 Å². The molecule has 86 valence electrons. The number of hydrogen-bond donors (Lipinski definition) is 1. The molecule has 0 heterocycles. The van der Waals surface area contributed by atoms with Gasteiger partial charge in [0.15, 0.2) is 0 Å². The molecule has 0 aromatic heterocycles. The summed E-state index contributed by atoms with van der Waals surface area (Å²) in [5, 5.41) is 2.65. The predicted molar refractivity (Wildman–Crippen MR) is 56.8 cm³/mol. The Labute approximate surface area is 86.3 Å². The van der Waals surface area contributed by atoms with Crippen molar-refractivity contribution in [1.29, 1.82) is 0 Å². The third kappa shape index (κ3) is 7.25. The SMILES string of the molecule is CCCCCCCCC(NC)C(F)F. The van der Waals surface area contributed by atoms with E-state index < -0.39 is 12.5 Å². The van der Waals surface area contributed by atoms with Crippen molar-refractivity contribution in [2.75, 3.05) is 7.05 Å². The Bertz CT molecular complexity index is 118. The maximum atomic E-state index is 12.3. The zero-order valence-electron chi connectivity index (χ0n) is 9.36. The minimum atomic E-state index is -2.23. The molecule has 0 rings (SSSR count). The average Bonchev–Trinajstić information content (AvgIpc) is 2.16. The summed E-state index contributed by atoms with van der Waals surface area (Å²) in [4.78, 5) is 0. The number of rotatable bonds is 9. The van der Waals surface area contributed by atoms with Crippen LogP contribution >= 0.6 is 0 Å². The lowest BCUT2D eigenvalue weighted by molar-refractivity contribution is 0.0965. The van der Waals surface area contributed by atoms with Gasteiger partial charge in [-0.15, -0.1) is 0 Å². The Morgan fingerprint density at radius 2 is 1.57 bits per heavy atom. The first-order valence-electron chi connectivity index (χ1n) is 5.67. The lowest BCUT2D eigenvalue weighted by atomic mass is 10.1. The highest BCUT2D eigenvalue weighted by Gasteiger charge is 2.16. The van der Waals surface area contributed by atoms with Gasteiger partial charge in [0.05, 0.1) is 6.04 Å². The van der Waals surface area contributed by atoms with Gasteiger partial charge in [0, 0.05) is 0 Å². The van der Waals surface area contributed by atoms with Crippen LogP contribution in [0, 0.1) is 0 Å². The van der Waals surface area contributed by atoms with Crippen molar-refractivity contribution in [3.63, 3.8) is 0 Å². The van der Waals surface area contributed by atoms with E-state index in [1.54, 1.807) is 7.05 Å². The van der Waals surface area contributed by atoms with E-state index in [9.17, 15) is 8.78 Å². The molecule has 0 radical (unpaired) electrons. The molecule has 1 nitrogen and oxygen atoms in total. The molecule has 1 atom stereocenters. The molecule has 0 aromatic carbocycles. The van der Waals surface area contributed by atoms with Gasteiger partial charge < -0.3 is 5.32 Å². The molecule has 3 heteroatoms. The van der Waals surface area contributed by atoms with E-state index in [2.05, 4.69) is 12.2 Å². The summed E-state index contributed by atoms with van der Waals surface area (Å²) < 4.78 is 24.5. The van der Waals surface area contributed by atoms with E-state index in [-0.39, 0.29) is 0 Å². The Morgan fingerprint density at radius 1 is 1.00 bits per heavy atom. The number of nitrogens with one attached hydrogen (secondary N) is 1. The van der Waals surface area contributed by atoms with Crippen molar-refractivity contribution in [2.45, 2.75) is 64.3 Å². The van der Waals surface area contributed by atoms with Crippen LogP contribution in [-0.4, -0.2) is 19.5 Å². The van der Waals surface area contributed by atoms with Crippen LogP contribution in [0.2, 0.25) is 0 Å². The Morgan fingerprint density at radius 3 is 2.07 bits per heavy atom. The summed E-state index contributed by atoms with van der Waals surface area (Å²) in [5.41, 5.74) is 0. The quantitative estimate of drug-likeness (QED) is 0.570. The molecule has 0 spiro atoms. The molecular weight excluding hydrogens is 184 g/mol. The first-order chi connectivity index (χ1) is 6.72. The van der Waals surface area contributed by atoms with Crippen LogP contribution in [0.5, 0.6) is 0 Å². The molecule has 0 amide bonds. The highest BCUT2D eigenvalue weighted by atomic mass is 19.3. The molecule has 0 aliphatic heterocycles. The fraction of sp³-hybridized carbons (Fsp3) is 1.00.